The molecule has 4 heteroatoms. The summed E-state index contributed by atoms with van der Waals surface area (Å²) in [6.45, 7) is 9.09. The molecule has 0 radical (unpaired) electrons. The molecule has 20 heavy (non-hydrogen) atoms. The van der Waals surface area contributed by atoms with E-state index in [1.54, 1.807) is 20.1 Å². The Hall–Kier alpha value is -1.37. The van der Waals surface area contributed by atoms with Crippen LogP contribution >= 0.6 is 11.6 Å². The number of methoxy groups -OCH3 is 1. The lowest BCUT2D eigenvalue weighted by Gasteiger charge is -2.22. The fourth-order valence-corrected chi connectivity index (χ4v) is 1.84. The molecule has 0 bridgehead atoms. The molecular weight excluding hydrogens is 274 g/mol. The lowest BCUT2D eigenvalue weighted by atomic mass is 10.1. The fraction of sp³-hybridized carbons (Fsp3) is 0.500. The van der Waals surface area contributed by atoms with Crippen LogP contribution < -0.4 is 14.8 Å². The van der Waals surface area contributed by atoms with Crippen LogP contribution in [0.4, 0.5) is 0 Å². The second-order valence-corrected chi connectivity index (χ2v) is 5.85. The molecule has 0 heterocycles. The van der Waals surface area contributed by atoms with Crippen molar-refractivity contribution in [3.8, 4) is 23.3 Å². The van der Waals surface area contributed by atoms with E-state index in [1.807, 2.05) is 6.07 Å². The summed E-state index contributed by atoms with van der Waals surface area (Å²) in [7, 11) is 1.60. The number of nitrogens with one attached hydrogen (secondary N) is 1. The Labute approximate surface area is 126 Å². The van der Waals surface area contributed by atoms with Crippen LogP contribution in [-0.4, -0.2) is 19.3 Å². The second-order valence-electron chi connectivity index (χ2n) is 5.42. The third-order valence-electron chi connectivity index (χ3n) is 2.59. The largest absolute Gasteiger partial charge is 0.493 e. The second kappa shape index (κ2) is 7.42. The van der Waals surface area contributed by atoms with E-state index in [9.17, 15) is 0 Å². The molecule has 1 N–H and O–H groups in total. The van der Waals surface area contributed by atoms with Crippen molar-refractivity contribution >= 4 is 11.6 Å². The van der Waals surface area contributed by atoms with E-state index in [1.165, 1.54) is 0 Å². The normalized spacial score (nSPS) is 10.7. The first-order valence-electron chi connectivity index (χ1n) is 6.51. The SMILES string of the molecule is CC#CCOc1c(CNC(C)(C)C)cc(Cl)cc1OC. The standard InChI is InChI=1S/C16H22ClNO2/c1-6-7-8-20-15-12(11-18-16(2,3)4)9-13(17)10-14(15)19-5/h9-10,18H,8,11H2,1-5H3. The molecule has 1 aromatic rings. The highest BCUT2D eigenvalue weighted by Crippen LogP contribution is 2.35. The van der Waals surface area contributed by atoms with Gasteiger partial charge in [-0.15, -0.1) is 5.92 Å². The Morgan fingerprint density at radius 1 is 1.30 bits per heavy atom. The first-order valence-corrected chi connectivity index (χ1v) is 6.89. The molecule has 0 saturated carbocycles. The van der Waals surface area contributed by atoms with Crippen molar-refractivity contribution in [2.75, 3.05) is 13.7 Å². The smallest absolute Gasteiger partial charge is 0.167 e. The van der Waals surface area contributed by atoms with E-state index in [0.29, 0.717) is 29.7 Å². The predicted octanol–water partition coefficient (Wildman–Crippen LogP) is 3.64. The van der Waals surface area contributed by atoms with Crippen LogP contribution in [0.1, 0.15) is 33.3 Å². The number of benzene rings is 1. The van der Waals surface area contributed by atoms with Crippen molar-refractivity contribution in [3.63, 3.8) is 0 Å². The molecule has 0 aromatic heterocycles. The third-order valence-corrected chi connectivity index (χ3v) is 2.81. The van der Waals surface area contributed by atoms with Crippen LogP contribution in [0.5, 0.6) is 11.5 Å². The molecular formula is C16H22ClNO2. The van der Waals surface area contributed by atoms with E-state index in [4.69, 9.17) is 21.1 Å². The van der Waals surface area contributed by atoms with Crippen molar-refractivity contribution < 1.29 is 9.47 Å². The molecule has 1 aromatic carbocycles. The van der Waals surface area contributed by atoms with Gasteiger partial charge in [-0.2, -0.15) is 0 Å². The van der Waals surface area contributed by atoms with Gasteiger partial charge in [0.2, 0.25) is 0 Å². The number of hydrogen-bond acceptors (Lipinski definition) is 3. The summed E-state index contributed by atoms with van der Waals surface area (Å²) >= 11 is 6.12. The van der Waals surface area contributed by atoms with Crippen LogP contribution in [0.15, 0.2) is 12.1 Å². The average molecular weight is 296 g/mol. The molecule has 3 nitrogen and oxygen atoms in total. The Bertz CT molecular complexity index is 510. The van der Waals surface area contributed by atoms with Crippen LogP contribution in [0.3, 0.4) is 0 Å². The lowest BCUT2D eigenvalue weighted by Crippen LogP contribution is -2.35. The highest BCUT2D eigenvalue weighted by atomic mass is 35.5. The van der Waals surface area contributed by atoms with Gasteiger partial charge in [-0.3, -0.25) is 0 Å². The minimum atomic E-state index is 0.00997. The highest BCUT2D eigenvalue weighted by Gasteiger charge is 2.15. The van der Waals surface area contributed by atoms with Gasteiger partial charge in [0.05, 0.1) is 7.11 Å². The molecule has 0 aliphatic carbocycles. The van der Waals surface area contributed by atoms with Crippen molar-refractivity contribution in [2.24, 2.45) is 0 Å². The maximum Gasteiger partial charge on any atom is 0.167 e. The van der Waals surface area contributed by atoms with Gasteiger partial charge in [0.25, 0.3) is 0 Å². The maximum atomic E-state index is 6.12. The molecule has 0 fully saturated rings. The summed E-state index contributed by atoms with van der Waals surface area (Å²) in [4.78, 5) is 0. The summed E-state index contributed by atoms with van der Waals surface area (Å²) in [5, 5.41) is 4.04. The van der Waals surface area contributed by atoms with Crippen molar-refractivity contribution in [1.29, 1.82) is 0 Å². The zero-order valence-electron chi connectivity index (χ0n) is 12.8. The van der Waals surface area contributed by atoms with E-state index < -0.39 is 0 Å². The quantitative estimate of drug-likeness (QED) is 0.841. The summed E-state index contributed by atoms with van der Waals surface area (Å²) in [6.07, 6.45) is 0. The first kappa shape index (κ1) is 16.7. The molecule has 110 valence electrons. The van der Waals surface area contributed by atoms with Crippen molar-refractivity contribution in [2.45, 2.75) is 39.8 Å². The van der Waals surface area contributed by atoms with Gasteiger partial charge < -0.3 is 14.8 Å². The molecule has 0 amide bonds. The van der Waals surface area contributed by atoms with Gasteiger partial charge in [0, 0.05) is 28.7 Å². The molecule has 0 spiro atoms. The molecule has 1 rings (SSSR count). The highest BCUT2D eigenvalue weighted by molar-refractivity contribution is 6.30. The fourth-order valence-electron chi connectivity index (χ4n) is 1.61. The van der Waals surface area contributed by atoms with Crippen molar-refractivity contribution in [3.05, 3.63) is 22.7 Å². The van der Waals surface area contributed by atoms with Crippen LogP contribution in [-0.2, 0) is 6.54 Å². The molecule has 0 aliphatic rings. The molecule has 0 aliphatic heterocycles. The van der Waals surface area contributed by atoms with Crippen LogP contribution in [0.25, 0.3) is 0 Å². The minimum absolute atomic E-state index is 0.00997. The summed E-state index contributed by atoms with van der Waals surface area (Å²) in [6, 6.07) is 3.63. The van der Waals surface area contributed by atoms with Gasteiger partial charge in [-0.1, -0.05) is 17.5 Å². The monoisotopic (exact) mass is 295 g/mol. The van der Waals surface area contributed by atoms with Crippen LogP contribution in [0, 0.1) is 11.8 Å². The van der Waals surface area contributed by atoms with Gasteiger partial charge >= 0.3 is 0 Å². The Morgan fingerprint density at radius 3 is 2.55 bits per heavy atom. The summed E-state index contributed by atoms with van der Waals surface area (Å²) in [5.74, 6) is 7.00. The zero-order chi connectivity index (χ0) is 15.2. The van der Waals surface area contributed by atoms with E-state index in [2.05, 4.69) is 37.9 Å². The number of rotatable bonds is 5. The maximum absolute atomic E-state index is 6.12. The molecule has 0 unspecified atom stereocenters. The lowest BCUT2D eigenvalue weighted by molar-refractivity contribution is 0.323. The Morgan fingerprint density at radius 2 is 2.00 bits per heavy atom. The molecule has 0 saturated heterocycles. The van der Waals surface area contributed by atoms with Gasteiger partial charge in [-0.05, 0) is 33.8 Å². The Balaban J connectivity index is 3.03. The predicted molar refractivity (Wildman–Crippen MR) is 83.5 cm³/mol. The topological polar surface area (TPSA) is 30.5 Å². The number of halogens is 1. The van der Waals surface area contributed by atoms with Gasteiger partial charge in [-0.25, -0.2) is 0 Å². The first-order chi connectivity index (χ1) is 9.37. The zero-order valence-corrected chi connectivity index (χ0v) is 13.5. The number of hydrogen-bond donors (Lipinski definition) is 1. The number of ether oxygens (including phenoxy) is 2. The Kier molecular flexibility index (Phi) is 6.19. The van der Waals surface area contributed by atoms with Gasteiger partial charge in [0.1, 0.15) is 6.61 Å². The minimum Gasteiger partial charge on any atom is -0.493 e. The third kappa shape index (κ3) is 5.32. The van der Waals surface area contributed by atoms with E-state index in [0.717, 1.165) is 5.56 Å². The van der Waals surface area contributed by atoms with E-state index >= 15 is 0 Å². The summed E-state index contributed by atoms with van der Waals surface area (Å²) < 4.78 is 11.1. The van der Waals surface area contributed by atoms with Crippen molar-refractivity contribution in [1.82, 2.24) is 5.32 Å². The molecule has 0 atom stereocenters. The summed E-state index contributed by atoms with van der Waals surface area (Å²) in [5.41, 5.74) is 0.970. The average Bonchev–Trinajstić information content (AvgIpc) is 2.37. The van der Waals surface area contributed by atoms with Gasteiger partial charge in [0.15, 0.2) is 11.5 Å². The van der Waals surface area contributed by atoms with Crippen LogP contribution in [0.2, 0.25) is 5.02 Å². The van der Waals surface area contributed by atoms with E-state index in [-0.39, 0.29) is 5.54 Å².